The number of benzene rings is 2. The van der Waals surface area contributed by atoms with Gasteiger partial charge in [0.1, 0.15) is 11.8 Å². The minimum absolute atomic E-state index is 0.0335. The first-order chi connectivity index (χ1) is 15.2. The van der Waals surface area contributed by atoms with Crippen LogP contribution in [-0.4, -0.2) is 56.6 Å². The van der Waals surface area contributed by atoms with E-state index in [4.69, 9.17) is 21.5 Å². The van der Waals surface area contributed by atoms with E-state index in [9.17, 15) is 18.0 Å². The Hall–Kier alpha value is -2.86. The number of methoxy groups -OCH3 is 1. The summed E-state index contributed by atoms with van der Waals surface area (Å²) in [5, 5.41) is 14.6. The molecule has 2 rings (SSSR count). The summed E-state index contributed by atoms with van der Waals surface area (Å²) < 4.78 is 31.7. The topological polar surface area (TPSA) is 137 Å². The zero-order chi connectivity index (χ0) is 23.7. The van der Waals surface area contributed by atoms with Gasteiger partial charge in [0.2, 0.25) is 10.0 Å². The van der Waals surface area contributed by atoms with Gasteiger partial charge >= 0.3 is 6.03 Å². The van der Waals surface area contributed by atoms with Crippen LogP contribution in [0, 0.1) is 0 Å². The molecule has 0 bridgehead atoms. The molecule has 0 radical (unpaired) electrons. The standard InChI is InChI=1S/C20H25ClN4O6S/c1-25(32(29,30)15-11-9-14(31-2)10-12-15)18(19(26)24-28)8-5-13-22-20(27)23-17-7-4-3-6-16(17)21/h3-4,6-7,9-12,18,28H,5,8,13H2,1-2H3,(H,24,26)(H2,22,23,27)/t18-/m1/s1. The molecule has 2 aromatic carbocycles. The van der Waals surface area contributed by atoms with E-state index >= 15 is 0 Å². The summed E-state index contributed by atoms with van der Waals surface area (Å²) in [7, 11) is -1.32. The Morgan fingerprint density at radius 2 is 1.81 bits per heavy atom. The van der Waals surface area contributed by atoms with E-state index in [-0.39, 0.29) is 24.3 Å². The number of amides is 3. The van der Waals surface area contributed by atoms with Crippen LogP contribution in [0.3, 0.4) is 0 Å². The fraction of sp³-hybridized carbons (Fsp3) is 0.300. The number of rotatable bonds is 10. The maximum Gasteiger partial charge on any atom is 0.319 e. The van der Waals surface area contributed by atoms with Crippen LogP contribution in [0.2, 0.25) is 5.02 Å². The Morgan fingerprint density at radius 1 is 1.16 bits per heavy atom. The SMILES string of the molecule is COc1ccc(S(=O)(=O)N(C)[C@H](CCCNC(=O)Nc2ccccc2Cl)C(=O)NO)cc1. The summed E-state index contributed by atoms with van der Waals surface area (Å²) in [6, 6.07) is 10.7. The van der Waals surface area contributed by atoms with Crippen molar-refractivity contribution in [1.82, 2.24) is 15.1 Å². The summed E-state index contributed by atoms with van der Waals surface area (Å²) in [6.07, 6.45) is 0.307. The van der Waals surface area contributed by atoms with Crippen molar-refractivity contribution in [2.45, 2.75) is 23.8 Å². The molecule has 32 heavy (non-hydrogen) atoms. The lowest BCUT2D eigenvalue weighted by Gasteiger charge is -2.26. The van der Waals surface area contributed by atoms with Crippen molar-refractivity contribution >= 4 is 39.2 Å². The van der Waals surface area contributed by atoms with Crippen molar-refractivity contribution in [2.75, 3.05) is 26.0 Å². The van der Waals surface area contributed by atoms with Crippen molar-refractivity contribution in [3.8, 4) is 5.75 Å². The van der Waals surface area contributed by atoms with Gasteiger partial charge in [-0.3, -0.25) is 10.0 Å². The quantitative estimate of drug-likeness (QED) is 0.232. The van der Waals surface area contributed by atoms with Crippen molar-refractivity contribution < 1.29 is 28.0 Å². The van der Waals surface area contributed by atoms with E-state index in [0.717, 1.165) is 4.31 Å². The molecular formula is C20H25ClN4O6S. The summed E-state index contributed by atoms with van der Waals surface area (Å²) in [5.41, 5.74) is 1.94. The molecule has 0 spiro atoms. The average Bonchev–Trinajstić information content (AvgIpc) is 2.79. The van der Waals surface area contributed by atoms with Gasteiger partial charge in [0.15, 0.2) is 0 Å². The Morgan fingerprint density at radius 3 is 2.41 bits per heavy atom. The van der Waals surface area contributed by atoms with Crippen LogP contribution < -0.4 is 20.9 Å². The van der Waals surface area contributed by atoms with Gasteiger partial charge in [-0.1, -0.05) is 23.7 Å². The van der Waals surface area contributed by atoms with Crippen molar-refractivity contribution in [3.05, 3.63) is 53.6 Å². The Balaban J connectivity index is 1.98. The molecule has 0 saturated heterocycles. The maximum absolute atomic E-state index is 12.9. The number of carbonyl (C=O) groups excluding carboxylic acids is 2. The van der Waals surface area contributed by atoms with Crippen LogP contribution in [-0.2, 0) is 14.8 Å². The summed E-state index contributed by atoms with van der Waals surface area (Å²) in [4.78, 5) is 24.1. The minimum atomic E-state index is -4.03. The molecule has 3 amide bonds. The Kier molecular flexibility index (Phi) is 9.27. The van der Waals surface area contributed by atoms with Gasteiger partial charge in [-0.05, 0) is 49.2 Å². The normalized spacial score (nSPS) is 12.2. The molecule has 0 unspecified atom stereocenters. The fourth-order valence-electron chi connectivity index (χ4n) is 2.86. The first-order valence-corrected chi connectivity index (χ1v) is 11.4. The number of nitrogens with zero attached hydrogens (tertiary/aromatic N) is 1. The first kappa shape index (κ1) is 25.4. The molecule has 174 valence electrons. The lowest BCUT2D eigenvalue weighted by Crippen LogP contribution is -2.47. The van der Waals surface area contributed by atoms with Gasteiger partial charge in [0.25, 0.3) is 5.91 Å². The van der Waals surface area contributed by atoms with Crippen LogP contribution in [0.25, 0.3) is 0 Å². The third-order valence-corrected chi connectivity index (χ3v) is 6.86. The van der Waals surface area contributed by atoms with E-state index in [1.807, 2.05) is 0 Å². The second-order valence-corrected chi connectivity index (χ2v) is 9.10. The number of anilines is 1. The summed E-state index contributed by atoms with van der Waals surface area (Å²) in [5.74, 6) is -0.400. The molecule has 4 N–H and O–H groups in total. The number of carbonyl (C=O) groups is 2. The molecule has 1 atom stereocenters. The van der Waals surface area contributed by atoms with Crippen LogP contribution >= 0.6 is 11.6 Å². The van der Waals surface area contributed by atoms with E-state index < -0.39 is 28.0 Å². The molecule has 10 nitrogen and oxygen atoms in total. The van der Waals surface area contributed by atoms with Gasteiger partial charge in [0.05, 0.1) is 22.7 Å². The first-order valence-electron chi connectivity index (χ1n) is 9.56. The highest BCUT2D eigenvalue weighted by molar-refractivity contribution is 7.89. The lowest BCUT2D eigenvalue weighted by molar-refractivity contribution is -0.133. The molecular weight excluding hydrogens is 460 g/mol. The molecule has 0 aromatic heterocycles. The third kappa shape index (κ3) is 6.57. The number of hydroxylamine groups is 1. The average molecular weight is 485 g/mol. The van der Waals surface area contributed by atoms with E-state index in [2.05, 4.69) is 10.6 Å². The summed E-state index contributed by atoms with van der Waals surface area (Å²) in [6.45, 7) is 0.155. The number of sulfonamides is 1. The zero-order valence-electron chi connectivity index (χ0n) is 17.5. The van der Waals surface area contributed by atoms with Crippen LogP contribution in [0.4, 0.5) is 10.5 Å². The predicted octanol–water partition coefficient (Wildman–Crippen LogP) is 2.44. The number of urea groups is 1. The van der Waals surface area contributed by atoms with Crippen molar-refractivity contribution in [1.29, 1.82) is 0 Å². The number of hydrogen-bond acceptors (Lipinski definition) is 6. The van der Waals surface area contributed by atoms with Gasteiger partial charge < -0.3 is 15.4 Å². The largest absolute Gasteiger partial charge is 0.497 e. The molecule has 0 aliphatic rings. The number of likely N-dealkylation sites (N-methyl/N-ethyl adjacent to an activating group) is 1. The highest BCUT2D eigenvalue weighted by atomic mass is 35.5. The molecule has 0 fully saturated rings. The molecule has 12 heteroatoms. The number of para-hydroxylation sites is 1. The molecule has 0 heterocycles. The van der Waals surface area contributed by atoms with Gasteiger partial charge in [-0.25, -0.2) is 18.7 Å². The van der Waals surface area contributed by atoms with Crippen molar-refractivity contribution in [2.24, 2.45) is 0 Å². The monoisotopic (exact) mass is 484 g/mol. The number of halogens is 1. The Labute approximate surface area is 191 Å². The zero-order valence-corrected chi connectivity index (χ0v) is 19.1. The number of hydrogen-bond donors (Lipinski definition) is 4. The Bertz CT molecular complexity index is 1030. The molecule has 0 aliphatic heterocycles. The van der Waals surface area contributed by atoms with E-state index in [1.54, 1.807) is 24.3 Å². The van der Waals surface area contributed by atoms with E-state index in [1.165, 1.54) is 43.9 Å². The van der Waals surface area contributed by atoms with Gasteiger partial charge in [-0.2, -0.15) is 4.31 Å². The highest BCUT2D eigenvalue weighted by Crippen LogP contribution is 2.22. The maximum atomic E-state index is 12.9. The molecule has 0 aliphatic carbocycles. The second-order valence-electron chi connectivity index (χ2n) is 6.69. The van der Waals surface area contributed by atoms with Gasteiger partial charge in [-0.15, -0.1) is 0 Å². The summed E-state index contributed by atoms with van der Waals surface area (Å²) >= 11 is 5.99. The van der Waals surface area contributed by atoms with Gasteiger partial charge in [0, 0.05) is 13.6 Å². The number of nitrogens with one attached hydrogen (secondary N) is 3. The van der Waals surface area contributed by atoms with Crippen LogP contribution in [0.1, 0.15) is 12.8 Å². The smallest absolute Gasteiger partial charge is 0.319 e. The second kappa shape index (κ2) is 11.7. The van der Waals surface area contributed by atoms with E-state index in [0.29, 0.717) is 16.5 Å². The minimum Gasteiger partial charge on any atom is -0.497 e. The molecule has 2 aromatic rings. The highest BCUT2D eigenvalue weighted by Gasteiger charge is 2.32. The van der Waals surface area contributed by atoms with Crippen LogP contribution in [0.15, 0.2) is 53.4 Å². The number of ether oxygens (including phenoxy) is 1. The third-order valence-electron chi connectivity index (χ3n) is 4.65. The van der Waals surface area contributed by atoms with Crippen LogP contribution in [0.5, 0.6) is 5.75 Å². The predicted molar refractivity (Wildman–Crippen MR) is 119 cm³/mol. The fourth-order valence-corrected chi connectivity index (χ4v) is 4.39. The molecule has 0 saturated carbocycles. The van der Waals surface area contributed by atoms with Crippen molar-refractivity contribution in [3.63, 3.8) is 0 Å². The lowest BCUT2D eigenvalue weighted by atomic mass is 10.1.